The molecule has 1 amide bonds. The molecule has 1 atom stereocenters. The van der Waals surface area contributed by atoms with Gasteiger partial charge in [0.25, 0.3) is 0 Å². The first kappa shape index (κ1) is 18.2. The van der Waals surface area contributed by atoms with E-state index in [-0.39, 0.29) is 17.0 Å². The number of thioether (sulfide) groups is 1. The maximum absolute atomic E-state index is 13.8. The Kier molecular flexibility index (Phi) is 5.31. The SMILES string of the molecule is CC(Sc1nnc(N2CCOCC2)n1-c1cccc(F)c1)C(=O)NC1CC1. The van der Waals surface area contributed by atoms with Gasteiger partial charge in [-0.1, -0.05) is 17.8 Å². The second-order valence-electron chi connectivity index (χ2n) is 6.74. The number of amides is 1. The zero-order valence-electron chi connectivity index (χ0n) is 15.1. The maximum atomic E-state index is 13.8. The van der Waals surface area contributed by atoms with Gasteiger partial charge in [0.05, 0.1) is 24.2 Å². The Morgan fingerprint density at radius 1 is 1.33 bits per heavy atom. The Morgan fingerprint density at radius 3 is 2.81 bits per heavy atom. The first-order valence-electron chi connectivity index (χ1n) is 9.13. The van der Waals surface area contributed by atoms with Gasteiger partial charge < -0.3 is 15.0 Å². The number of hydrogen-bond acceptors (Lipinski definition) is 6. The molecule has 27 heavy (non-hydrogen) atoms. The number of anilines is 1. The molecule has 1 unspecified atom stereocenters. The number of ether oxygens (including phenoxy) is 1. The van der Waals surface area contributed by atoms with Crippen molar-refractivity contribution >= 4 is 23.6 Å². The van der Waals surface area contributed by atoms with E-state index in [0.717, 1.165) is 12.8 Å². The molecule has 0 spiro atoms. The number of morpholine rings is 1. The number of carbonyl (C=O) groups is 1. The predicted molar refractivity (Wildman–Crippen MR) is 101 cm³/mol. The first-order chi connectivity index (χ1) is 13.1. The van der Waals surface area contributed by atoms with Gasteiger partial charge in [0.2, 0.25) is 11.9 Å². The molecule has 4 rings (SSSR count). The van der Waals surface area contributed by atoms with Crippen molar-refractivity contribution in [2.45, 2.75) is 36.2 Å². The van der Waals surface area contributed by atoms with Crippen LogP contribution in [0.2, 0.25) is 0 Å². The van der Waals surface area contributed by atoms with Gasteiger partial charge in [-0.15, -0.1) is 10.2 Å². The van der Waals surface area contributed by atoms with Crippen LogP contribution < -0.4 is 10.2 Å². The highest BCUT2D eigenvalue weighted by Gasteiger charge is 2.28. The number of nitrogens with zero attached hydrogens (tertiary/aromatic N) is 4. The standard InChI is InChI=1S/C18H22FN5O2S/c1-12(16(25)20-14-5-6-14)27-18-22-21-17(23-7-9-26-10-8-23)24(18)15-4-2-3-13(19)11-15/h2-4,11-12,14H,5-10H2,1H3,(H,20,25). The summed E-state index contributed by atoms with van der Waals surface area (Å²) in [6.45, 7) is 4.45. The van der Waals surface area contributed by atoms with Gasteiger partial charge in [-0.3, -0.25) is 9.36 Å². The number of nitrogens with one attached hydrogen (secondary N) is 1. The third-order valence-electron chi connectivity index (χ3n) is 4.55. The molecule has 0 bridgehead atoms. The summed E-state index contributed by atoms with van der Waals surface area (Å²) in [6, 6.07) is 6.64. The third kappa shape index (κ3) is 4.24. The van der Waals surface area contributed by atoms with Gasteiger partial charge in [0, 0.05) is 19.1 Å². The fourth-order valence-electron chi connectivity index (χ4n) is 2.91. The number of benzene rings is 1. The van der Waals surface area contributed by atoms with E-state index in [0.29, 0.717) is 49.1 Å². The van der Waals surface area contributed by atoms with Crippen molar-refractivity contribution in [1.29, 1.82) is 0 Å². The molecular formula is C18H22FN5O2S. The van der Waals surface area contributed by atoms with E-state index in [4.69, 9.17) is 4.74 Å². The Balaban J connectivity index is 1.63. The van der Waals surface area contributed by atoms with Crippen molar-refractivity contribution in [3.05, 3.63) is 30.1 Å². The lowest BCUT2D eigenvalue weighted by Crippen LogP contribution is -2.38. The minimum atomic E-state index is -0.329. The predicted octanol–water partition coefficient (Wildman–Crippen LogP) is 2.00. The normalized spacial score (nSPS) is 18.4. The number of carbonyl (C=O) groups excluding carboxylic acids is 1. The average molecular weight is 391 g/mol. The van der Waals surface area contributed by atoms with Crippen molar-refractivity contribution in [3.63, 3.8) is 0 Å². The molecule has 1 aliphatic carbocycles. The van der Waals surface area contributed by atoms with Gasteiger partial charge in [-0.05, 0) is 38.0 Å². The molecule has 9 heteroatoms. The van der Waals surface area contributed by atoms with Crippen molar-refractivity contribution in [3.8, 4) is 5.69 Å². The zero-order chi connectivity index (χ0) is 18.8. The van der Waals surface area contributed by atoms with Crippen LogP contribution in [0, 0.1) is 5.82 Å². The van der Waals surface area contributed by atoms with Crippen molar-refractivity contribution in [1.82, 2.24) is 20.1 Å². The van der Waals surface area contributed by atoms with E-state index >= 15 is 0 Å². The molecule has 1 aromatic carbocycles. The summed E-state index contributed by atoms with van der Waals surface area (Å²) < 4.78 is 21.1. The molecule has 1 N–H and O–H groups in total. The van der Waals surface area contributed by atoms with Crippen molar-refractivity contribution in [2.24, 2.45) is 0 Å². The first-order valence-corrected chi connectivity index (χ1v) is 10.0. The fraction of sp³-hybridized carbons (Fsp3) is 0.500. The molecule has 1 saturated carbocycles. The van der Waals surface area contributed by atoms with E-state index in [9.17, 15) is 9.18 Å². The highest BCUT2D eigenvalue weighted by Crippen LogP contribution is 2.30. The summed E-state index contributed by atoms with van der Waals surface area (Å²) >= 11 is 1.33. The van der Waals surface area contributed by atoms with Crippen LogP contribution in [0.5, 0.6) is 0 Å². The number of hydrogen-bond donors (Lipinski definition) is 1. The molecule has 144 valence electrons. The van der Waals surface area contributed by atoms with Crippen LogP contribution in [0.4, 0.5) is 10.3 Å². The summed E-state index contributed by atoms with van der Waals surface area (Å²) in [5, 5.41) is 11.9. The van der Waals surface area contributed by atoms with E-state index in [2.05, 4.69) is 20.4 Å². The van der Waals surface area contributed by atoms with E-state index < -0.39 is 0 Å². The molecule has 2 heterocycles. The summed E-state index contributed by atoms with van der Waals surface area (Å²) in [7, 11) is 0. The van der Waals surface area contributed by atoms with Crippen LogP contribution in [0.3, 0.4) is 0 Å². The summed E-state index contributed by atoms with van der Waals surface area (Å²) in [5.41, 5.74) is 0.638. The van der Waals surface area contributed by atoms with Crippen LogP contribution in [0.25, 0.3) is 5.69 Å². The van der Waals surface area contributed by atoms with Crippen LogP contribution in [0.15, 0.2) is 29.4 Å². The van der Waals surface area contributed by atoms with E-state index in [1.165, 1.54) is 23.9 Å². The van der Waals surface area contributed by atoms with Crippen LogP contribution >= 0.6 is 11.8 Å². The maximum Gasteiger partial charge on any atom is 0.233 e. The van der Waals surface area contributed by atoms with E-state index in [1.54, 1.807) is 6.07 Å². The Bertz CT molecular complexity index is 820. The molecule has 1 aliphatic heterocycles. The fourth-order valence-corrected chi connectivity index (χ4v) is 3.78. The molecular weight excluding hydrogens is 369 g/mol. The van der Waals surface area contributed by atoms with Gasteiger partial charge in [-0.25, -0.2) is 4.39 Å². The second kappa shape index (κ2) is 7.85. The Morgan fingerprint density at radius 2 is 2.11 bits per heavy atom. The number of halogens is 1. The number of aromatic nitrogens is 3. The second-order valence-corrected chi connectivity index (χ2v) is 8.05. The van der Waals surface area contributed by atoms with Crippen LogP contribution in [-0.4, -0.2) is 58.3 Å². The smallest absolute Gasteiger partial charge is 0.233 e. The third-order valence-corrected chi connectivity index (χ3v) is 5.59. The average Bonchev–Trinajstić information content (AvgIpc) is 3.39. The lowest BCUT2D eigenvalue weighted by molar-refractivity contribution is -0.120. The Labute approximate surface area is 161 Å². The molecule has 2 aliphatic rings. The van der Waals surface area contributed by atoms with Crippen LogP contribution in [0.1, 0.15) is 19.8 Å². The highest BCUT2D eigenvalue weighted by molar-refractivity contribution is 8.00. The lowest BCUT2D eigenvalue weighted by atomic mass is 10.3. The monoisotopic (exact) mass is 391 g/mol. The summed E-state index contributed by atoms with van der Waals surface area (Å²) in [5.74, 6) is 0.301. The Hall–Kier alpha value is -2.13. The van der Waals surface area contributed by atoms with Crippen molar-refractivity contribution < 1.29 is 13.9 Å². The number of rotatable bonds is 6. The minimum absolute atomic E-state index is 0.00999. The van der Waals surface area contributed by atoms with Crippen LogP contribution in [-0.2, 0) is 9.53 Å². The van der Waals surface area contributed by atoms with Gasteiger partial charge in [-0.2, -0.15) is 0 Å². The molecule has 2 aromatic rings. The van der Waals surface area contributed by atoms with Gasteiger partial charge >= 0.3 is 0 Å². The molecule has 7 nitrogen and oxygen atoms in total. The summed E-state index contributed by atoms with van der Waals surface area (Å²) in [4.78, 5) is 14.4. The van der Waals surface area contributed by atoms with Gasteiger partial charge in [0.15, 0.2) is 5.16 Å². The molecule has 2 fully saturated rings. The largest absolute Gasteiger partial charge is 0.378 e. The minimum Gasteiger partial charge on any atom is -0.378 e. The topological polar surface area (TPSA) is 72.3 Å². The quantitative estimate of drug-likeness (QED) is 0.760. The molecule has 0 radical (unpaired) electrons. The lowest BCUT2D eigenvalue weighted by Gasteiger charge is -2.28. The molecule has 1 saturated heterocycles. The van der Waals surface area contributed by atoms with Crippen molar-refractivity contribution in [2.75, 3.05) is 31.2 Å². The van der Waals surface area contributed by atoms with E-state index in [1.807, 2.05) is 17.6 Å². The molecule has 1 aromatic heterocycles. The summed E-state index contributed by atoms with van der Waals surface area (Å²) in [6.07, 6.45) is 2.09. The van der Waals surface area contributed by atoms with Gasteiger partial charge in [0.1, 0.15) is 5.82 Å². The highest BCUT2D eigenvalue weighted by atomic mass is 32.2. The zero-order valence-corrected chi connectivity index (χ0v) is 15.9.